The number of rotatable bonds is 4. The van der Waals surface area contributed by atoms with Gasteiger partial charge in [-0.05, 0) is 30.7 Å². The number of aromatic nitrogens is 3. The van der Waals surface area contributed by atoms with Gasteiger partial charge in [0.1, 0.15) is 5.69 Å². The lowest BCUT2D eigenvalue weighted by Gasteiger charge is -2.09. The minimum Gasteiger partial charge on any atom is -0.310 e. The molecule has 0 spiro atoms. The molecular weight excluding hydrogens is 333 g/mol. The topological polar surface area (TPSA) is 59.8 Å². The van der Waals surface area contributed by atoms with E-state index in [1.165, 1.54) is 0 Å². The van der Waals surface area contributed by atoms with Crippen molar-refractivity contribution >= 4 is 22.9 Å². The molecule has 0 aliphatic carbocycles. The Hall–Kier alpha value is -2.90. The van der Waals surface area contributed by atoms with Gasteiger partial charge in [0, 0.05) is 12.7 Å². The molecule has 0 atom stereocenters. The molecule has 8 heteroatoms. The van der Waals surface area contributed by atoms with Gasteiger partial charge in [-0.1, -0.05) is 19.1 Å². The highest BCUT2D eigenvalue weighted by molar-refractivity contribution is 6.03. The number of hydrogen-bond donors (Lipinski definition) is 1. The summed E-state index contributed by atoms with van der Waals surface area (Å²) in [6.07, 6.45) is -2.79. The Morgan fingerprint density at radius 1 is 1.20 bits per heavy atom. The number of carbonyl (C=O) groups excluding carboxylic acids is 1. The van der Waals surface area contributed by atoms with Crippen molar-refractivity contribution in [2.45, 2.75) is 26.1 Å². The molecule has 1 amide bonds. The zero-order valence-electron chi connectivity index (χ0n) is 13.3. The number of alkyl halides is 3. The summed E-state index contributed by atoms with van der Waals surface area (Å²) in [6, 6.07) is 9.32. The van der Waals surface area contributed by atoms with E-state index >= 15 is 0 Å². The second kappa shape index (κ2) is 6.54. The van der Waals surface area contributed by atoms with Crippen molar-refractivity contribution in [2.75, 3.05) is 5.32 Å². The Kier molecular flexibility index (Phi) is 4.43. The molecule has 2 heterocycles. The summed E-state index contributed by atoms with van der Waals surface area (Å²) in [5.41, 5.74) is 0.604. The molecule has 3 aromatic rings. The van der Waals surface area contributed by atoms with E-state index in [0.29, 0.717) is 12.5 Å². The summed E-state index contributed by atoms with van der Waals surface area (Å²) >= 11 is 0. The van der Waals surface area contributed by atoms with E-state index in [0.717, 1.165) is 35.8 Å². The molecule has 1 N–H and O–H groups in total. The van der Waals surface area contributed by atoms with Crippen molar-refractivity contribution in [3.63, 3.8) is 0 Å². The molecule has 0 unspecified atom stereocenters. The van der Waals surface area contributed by atoms with Crippen LogP contribution in [0, 0.1) is 0 Å². The third kappa shape index (κ3) is 3.47. The van der Waals surface area contributed by atoms with Crippen LogP contribution in [0.25, 0.3) is 11.0 Å². The zero-order chi connectivity index (χ0) is 18.0. The molecular formula is C17H15F3N4O. The fraction of sp³-hybridized carbons (Fsp3) is 0.235. The predicted molar refractivity (Wildman–Crippen MR) is 87.2 cm³/mol. The Morgan fingerprint density at radius 3 is 2.60 bits per heavy atom. The Bertz CT molecular complexity index is 900. The van der Waals surface area contributed by atoms with Crippen molar-refractivity contribution in [2.24, 2.45) is 0 Å². The number of amides is 1. The number of carbonyl (C=O) groups is 1. The fourth-order valence-electron chi connectivity index (χ4n) is 2.49. The lowest BCUT2D eigenvalue weighted by Crippen LogP contribution is -2.17. The minimum absolute atomic E-state index is 0.0307. The van der Waals surface area contributed by atoms with Crippen LogP contribution in [0.15, 0.2) is 42.6 Å². The average molecular weight is 348 g/mol. The van der Waals surface area contributed by atoms with Crippen molar-refractivity contribution < 1.29 is 18.0 Å². The number of halogens is 3. The first kappa shape index (κ1) is 16.9. The molecule has 3 rings (SSSR count). The zero-order valence-corrected chi connectivity index (χ0v) is 13.3. The van der Waals surface area contributed by atoms with Crippen LogP contribution in [-0.4, -0.2) is 20.4 Å². The smallest absolute Gasteiger partial charge is 0.310 e. The van der Waals surface area contributed by atoms with Gasteiger partial charge in [0.2, 0.25) is 5.95 Å². The molecule has 5 nitrogen and oxygen atoms in total. The highest BCUT2D eigenvalue weighted by Gasteiger charge is 2.32. The summed E-state index contributed by atoms with van der Waals surface area (Å²) in [5, 5.41) is 2.65. The van der Waals surface area contributed by atoms with Crippen LogP contribution < -0.4 is 5.32 Å². The molecule has 0 fully saturated rings. The lowest BCUT2D eigenvalue weighted by atomic mass is 10.2. The standard InChI is InChI=1S/C17H15F3N4O/c1-2-9-24-13-6-4-3-5-12(13)22-16(24)23-15(25)11-7-8-14(21-10-11)17(18,19)20/h3-8,10H,2,9H2,1H3,(H,22,23,25). The highest BCUT2D eigenvalue weighted by atomic mass is 19.4. The number of nitrogens with one attached hydrogen (secondary N) is 1. The quantitative estimate of drug-likeness (QED) is 0.772. The summed E-state index contributed by atoms with van der Waals surface area (Å²) in [4.78, 5) is 20.0. The van der Waals surface area contributed by atoms with Crippen LogP contribution in [0.2, 0.25) is 0 Å². The number of benzene rings is 1. The van der Waals surface area contributed by atoms with Gasteiger partial charge >= 0.3 is 6.18 Å². The van der Waals surface area contributed by atoms with Crippen molar-refractivity contribution in [1.29, 1.82) is 0 Å². The lowest BCUT2D eigenvalue weighted by molar-refractivity contribution is -0.141. The molecule has 0 aliphatic heterocycles. The van der Waals surface area contributed by atoms with Crippen molar-refractivity contribution in [1.82, 2.24) is 14.5 Å². The van der Waals surface area contributed by atoms with E-state index in [1.807, 2.05) is 35.8 Å². The Morgan fingerprint density at radius 2 is 1.96 bits per heavy atom. The fourth-order valence-corrected chi connectivity index (χ4v) is 2.49. The third-order valence-corrected chi connectivity index (χ3v) is 3.64. The van der Waals surface area contributed by atoms with Gasteiger partial charge in [0.25, 0.3) is 5.91 Å². The van der Waals surface area contributed by atoms with Gasteiger partial charge in [0.05, 0.1) is 16.6 Å². The van der Waals surface area contributed by atoms with Crippen LogP contribution in [-0.2, 0) is 12.7 Å². The average Bonchev–Trinajstić information content (AvgIpc) is 2.92. The Labute approximate surface area is 141 Å². The summed E-state index contributed by atoms with van der Waals surface area (Å²) in [5.74, 6) is -0.207. The maximum atomic E-state index is 12.5. The van der Waals surface area contributed by atoms with Gasteiger partial charge in [-0.3, -0.25) is 15.1 Å². The first-order valence-corrected chi connectivity index (χ1v) is 7.70. The highest BCUT2D eigenvalue weighted by Crippen LogP contribution is 2.27. The molecule has 0 aliphatic rings. The van der Waals surface area contributed by atoms with Crippen molar-refractivity contribution in [3.8, 4) is 0 Å². The number of imidazole rings is 1. The van der Waals surface area contributed by atoms with Crippen LogP contribution in [0.5, 0.6) is 0 Å². The molecule has 1 aromatic carbocycles. The maximum Gasteiger partial charge on any atom is 0.433 e. The number of aryl methyl sites for hydroxylation is 1. The van der Waals surface area contributed by atoms with E-state index in [9.17, 15) is 18.0 Å². The number of pyridine rings is 1. The first-order valence-electron chi connectivity index (χ1n) is 7.70. The van der Waals surface area contributed by atoms with E-state index in [-0.39, 0.29) is 5.56 Å². The summed E-state index contributed by atoms with van der Waals surface area (Å²) in [6.45, 7) is 2.65. The van der Waals surface area contributed by atoms with Gasteiger partial charge in [0.15, 0.2) is 0 Å². The molecule has 0 bridgehead atoms. The molecule has 130 valence electrons. The molecule has 2 aromatic heterocycles. The molecule has 0 radical (unpaired) electrons. The van der Waals surface area contributed by atoms with Gasteiger partial charge in [-0.25, -0.2) is 4.98 Å². The normalized spacial score (nSPS) is 11.7. The molecule has 25 heavy (non-hydrogen) atoms. The number of anilines is 1. The maximum absolute atomic E-state index is 12.5. The first-order chi connectivity index (χ1) is 11.9. The van der Waals surface area contributed by atoms with Gasteiger partial charge in [-0.15, -0.1) is 0 Å². The van der Waals surface area contributed by atoms with E-state index in [2.05, 4.69) is 15.3 Å². The number of fused-ring (bicyclic) bond motifs is 1. The van der Waals surface area contributed by atoms with Crippen LogP contribution in [0.3, 0.4) is 0 Å². The predicted octanol–water partition coefficient (Wildman–Crippen LogP) is 4.11. The number of nitrogens with zero attached hydrogens (tertiary/aromatic N) is 3. The van der Waals surface area contributed by atoms with Gasteiger partial charge < -0.3 is 4.57 Å². The van der Waals surface area contributed by atoms with Crippen LogP contribution in [0.4, 0.5) is 19.1 Å². The monoisotopic (exact) mass is 348 g/mol. The molecule has 0 saturated carbocycles. The van der Waals surface area contributed by atoms with Gasteiger partial charge in [-0.2, -0.15) is 13.2 Å². The molecule has 0 saturated heterocycles. The van der Waals surface area contributed by atoms with E-state index < -0.39 is 17.8 Å². The second-order valence-corrected chi connectivity index (χ2v) is 5.46. The van der Waals surface area contributed by atoms with E-state index in [1.54, 1.807) is 0 Å². The van der Waals surface area contributed by atoms with E-state index in [4.69, 9.17) is 0 Å². The SMILES string of the molecule is CCCn1c(NC(=O)c2ccc(C(F)(F)F)nc2)nc2ccccc21. The third-order valence-electron chi connectivity index (χ3n) is 3.64. The Balaban J connectivity index is 1.88. The second-order valence-electron chi connectivity index (χ2n) is 5.46. The van der Waals surface area contributed by atoms with Crippen molar-refractivity contribution in [3.05, 3.63) is 53.9 Å². The minimum atomic E-state index is -4.54. The number of hydrogen-bond acceptors (Lipinski definition) is 3. The van der Waals surface area contributed by atoms with Crippen LogP contribution >= 0.6 is 0 Å². The summed E-state index contributed by atoms with van der Waals surface area (Å²) in [7, 11) is 0. The largest absolute Gasteiger partial charge is 0.433 e. The van der Waals surface area contributed by atoms with Crippen LogP contribution in [0.1, 0.15) is 29.4 Å². The number of para-hydroxylation sites is 2. The summed E-state index contributed by atoms with van der Waals surface area (Å²) < 4.78 is 39.5.